The van der Waals surface area contributed by atoms with E-state index in [4.69, 9.17) is 0 Å². The zero-order valence-corrected chi connectivity index (χ0v) is 11.4. The van der Waals surface area contributed by atoms with E-state index in [9.17, 15) is 0 Å². The van der Waals surface area contributed by atoms with Gasteiger partial charge in [-0.05, 0) is 24.2 Å². The molecule has 1 fully saturated rings. The monoisotopic (exact) mass is 248 g/mol. The molecule has 0 saturated heterocycles. The molecular weight excluding hydrogens is 228 g/mol. The molecule has 0 radical (unpaired) electrons. The van der Waals surface area contributed by atoms with Gasteiger partial charge in [0.05, 0.1) is 0 Å². The second-order valence-corrected chi connectivity index (χ2v) is 11.9. The standard InChI is InChI=1S/C10H21BrSi/c1-9-5-10(6-9,7-11)8-12(2,3)4/h9H,5-8H2,1-4H3. The van der Waals surface area contributed by atoms with Crippen LogP contribution < -0.4 is 0 Å². The molecule has 1 aliphatic rings. The van der Waals surface area contributed by atoms with Gasteiger partial charge in [0.25, 0.3) is 0 Å². The van der Waals surface area contributed by atoms with Crippen molar-refractivity contribution in [3.05, 3.63) is 0 Å². The fourth-order valence-corrected chi connectivity index (χ4v) is 6.53. The minimum absolute atomic E-state index is 0.698. The fourth-order valence-electron chi connectivity index (χ4n) is 2.84. The largest absolute Gasteiger partial charge is 0.0922 e. The lowest BCUT2D eigenvalue weighted by Crippen LogP contribution is -2.43. The van der Waals surface area contributed by atoms with Crippen molar-refractivity contribution in [2.24, 2.45) is 11.3 Å². The van der Waals surface area contributed by atoms with Crippen molar-refractivity contribution in [3.8, 4) is 0 Å². The van der Waals surface area contributed by atoms with Crippen LogP contribution in [0.2, 0.25) is 25.7 Å². The molecule has 72 valence electrons. The quantitative estimate of drug-likeness (QED) is 0.521. The highest BCUT2D eigenvalue weighted by Gasteiger charge is 2.43. The SMILES string of the molecule is CC1CC(CBr)(C[Si](C)(C)C)C1. The van der Waals surface area contributed by atoms with Crippen LogP contribution in [0, 0.1) is 11.3 Å². The highest BCUT2D eigenvalue weighted by atomic mass is 79.9. The predicted octanol–water partition coefficient (Wildman–Crippen LogP) is 4.14. The molecule has 1 saturated carbocycles. The van der Waals surface area contributed by atoms with E-state index in [1.54, 1.807) is 0 Å². The van der Waals surface area contributed by atoms with Gasteiger partial charge < -0.3 is 0 Å². The van der Waals surface area contributed by atoms with Crippen LogP contribution in [0.1, 0.15) is 19.8 Å². The summed E-state index contributed by atoms with van der Waals surface area (Å²) in [5.74, 6) is 0.985. The zero-order valence-electron chi connectivity index (χ0n) is 8.78. The maximum Gasteiger partial charge on any atom is 0.0448 e. The van der Waals surface area contributed by atoms with E-state index in [1.165, 1.54) is 24.2 Å². The number of rotatable bonds is 3. The summed E-state index contributed by atoms with van der Waals surface area (Å²) in [5.41, 5.74) is 0.698. The summed E-state index contributed by atoms with van der Waals surface area (Å²) in [6.45, 7) is 9.84. The molecule has 0 unspecified atom stereocenters. The van der Waals surface area contributed by atoms with E-state index < -0.39 is 8.07 Å². The molecule has 0 aliphatic heterocycles. The van der Waals surface area contributed by atoms with Crippen molar-refractivity contribution in [1.29, 1.82) is 0 Å². The Hall–Kier alpha value is 0.697. The maximum absolute atomic E-state index is 3.69. The van der Waals surface area contributed by atoms with Gasteiger partial charge in [-0.25, -0.2) is 0 Å². The minimum Gasteiger partial charge on any atom is -0.0922 e. The third-order valence-electron chi connectivity index (χ3n) is 2.75. The van der Waals surface area contributed by atoms with E-state index in [0.29, 0.717) is 5.41 Å². The molecule has 12 heavy (non-hydrogen) atoms. The molecular formula is C10H21BrSi. The first-order valence-corrected chi connectivity index (χ1v) is 9.76. The topological polar surface area (TPSA) is 0 Å². The van der Waals surface area contributed by atoms with Crippen molar-refractivity contribution in [3.63, 3.8) is 0 Å². The van der Waals surface area contributed by atoms with Gasteiger partial charge in [-0.1, -0.05) is 48.5 Å². The summed E-state index contributed by atoms with van der Waals surface area (Å²) >= 11 is 3.69. The molecule has 0 bridgehead atoms. The summed E-state index contributed by atoms with van der Waals surface area (Å²) in [7, 11) is -0.843. The molecule has 1 aliphatic carbocycles. The van der Waals surface area contributed by atoms with Crippen molar-refractivity contribution < 1.29 is 0 Å². The Morgan fingerprint density at radius 1 is 1.33 bits per heavy atom. The number of hydrogen-bond acceptors (Lipinski definition) is 0. The van der Waals surface area contributed by atoms with Crippen molar-refractivity contribution in [2.45, 2.75) is 45.5 Å². The molecule has 0 nitrogen and oxygen atoms in total. The van der Waals surface area contributed by atoms with Crippen molar-refractivity contribution in [2.75, 3.05) is 5.33 Å². The lowest BCUT2D eigenvalue weighted by Gasteiger charge is -2.48. The third-order valence-corrected chi connectivity index (χ3v) is 5.75. The van der Waals surface area contributed by atoms with Gasteiger partial charge in [0.1, 0.15) is 0 Å². The summed E-state index contributed by atoms with van der Waals surface area (Å²) in [6, 6.07) is 1.51. The van der Waals surface area contributed by atoms with E-state index in [0.717, 1.165) is 5.92 Å². The molecule has 0 N–H and O–H groups in total. The fraction of sp³-hybridized carbons (Fsp3) is 1.00. The van der Waals surface area contributed by atoms with E-state index in [1.807, 2.05) is 0 Å². The normalized spacial score (nSPS) is 36.2. The maximum atomic E-state index is 3.69. The summed E-state index contributed by atoms with van der Waals surface area (Å²) in [4.78, 5) is 0. The lowest BCUT2D eigenvalue weighted by molar-refractivity contribution is 0.116. The van der Waals surface area contributed by atoms with Crippen LogP contribution >= 0.6 is 15.9 Å². The highest BCUT2D eigenvalue weighted by Crippen LogP contribution is 2.51. The van der Waals surface area contributed by atoms with Crippen LogP contribution in [0.15, 0.2) is 0 Å². The first-order chi connectivity index (χ1) is 5.37. The average molecular weight is 249 g/mol. The molecule has 0 aromatic carbocycles. The average Bonchev–Trinajstić information content (AvgIpc) is 1.80. The van der Waals surface area contributed by atoms with Crippen LogP contribution in [0.4, 0.5) is 0 Å². The second-order valence-electron chi connectivity index (χ2n) is 5.88. The van der Waals surface area contributed by atoms with Gasteiger partial charge in [-0.15, -0.1) is 0 Å². The van der Waals surface area contributed by atoms with Crippen LogP contribution in [0.3, 0.4) is 0 Å². The van der Waals surface area contributed by atoms with Crippen LogP contribution in [0.25, 0.3) is 0 Å². The van der Waals surface area contributed by atoms with Crippen molar-refractivity contribution >= 4 is 24.0 Å². The highest BCUT2D eigenvalue weighted by molar-refractivity contribution is 9.09. The molecule has 0 heterocycles. The summed E-state index contributed by atoms with van der Waals surface area (Å²) < 4.78 is 0. The Bertz CT molecular complexity index is 154. The molecule has 0 spiro atoms. The summed E-state index contributed by atoms with van der Waals surface area (Å²) in [6.07, 6.45) is 2.92. The molecule has 0 aromatic rings. The molecule has 2 heteroatoms. The van der Waals surface area contributed by atoms with Gasteiger partial charge in [0.2, 0.25) is 0 Å². The predicted molar refractivity (Wildman–Crippen MR) is 62.8 cm³/mol. The first kappa shape index (κ1) is 10.8. The van der Waals surface area contributed by atoms with Crippen LogP contribution in [0.5, 0.6) is 0 Å². The Morgan fingerprint density at radius 2 is 1.83 bits per heavy atom. The van der Waals surface area contributed by atoms with Crippen LogP contribution in [-0.4, -0.2) is 13.4 Å². The number of hydrogen-bond donors (Lipinski definition) is 0. The van der Waals surface area contributed by atoms with E-state index in [-0.39, 0.29) is 0 Å². The van der Waals surface area contributed by atoms with Crippen molar-refractivity contribution in [1.82, 2.24) is 0 Å². The molecule has 0 atom stereocenters. The number of alkyl halides is 1. The Balaban J connectivity index is 2.48. The molecule has 0 aromatic heterocycles. The first-order valence-electron chi connectivity index (χ1n) is 4.93. The molecule has 0 amide bonds. The van der Waals surface area contributed by atoms with E-state index >= 15 is 0 Å². The van der Waals surface area contributed by atoms with Crippen LogP contribution in [-0.2, 0) is 0 Å². The van der Waals surface area contributed by atoms with Gasteiger partial charge in [-0.3, -0.25) is 0 Å². The van der Waals surface area contributed by atoms with E-state index in [2.05, 4.69) is 42.5 Å². The molecule has 1 rings (SSSR count). The van der Waals surface area contributed by atoms with Gasteiger partial charge in [-0.2, -0.15) is 0 Å². The Morgan fingerprint density at radius 3 is 2.08 bits per heavy atom. The lowest BCUT2D eigenvalue weighted by atomic mass is 9.65. The van der Waals surface area contributed by atoms with Gasteiger partial charge >= 0.3 is 0 Å². The van der Waals surface area contributed by atoms with Gasteiger partial charge in [0.15, 0.2) is 0 Å². The number of halogens is 1. The zero-order chi connectivity index (χ0) is 9.41. The van der Waals surface area contributed by atoms with Gasteiger partial charge in [0, 0.05) is 13.4 Å². The second kappa shape index (κ2) is 3.45. The Labute approximate surface area is 86.3 Å². The third kappa shape index (κ3) is 2.59. The smallest absolute Gasteiger partial charge is 0.0448 e. The minimum atomic E-state index is -0.843. The summed E-state index contributed by atoms with van der Waals surface area (Å²) in [5, 5.41) is 1.23. The Kier molecular flexibility index (Phi) is 3.10.